The van der Waals surface area contributed by atoms with Crippen LogP contribution in [0, 0.1) is 12.3 Å². The van der Waals surface area contributed by atoms with E-state index < -0.39 is 0 Å². The standard InChI is InChI=1S/C9H18N/c1-2-9(10)8-6-4-3-5-7-8/h3,8-9H,2,4-7,10H2,1H3. The Hall–Kier alpha value is -0.0400. The molecule has 1 fully saturated rings. The van der Waals surface area contributed by atoms with E-state index in [-0.39, 0.29) is 0 Å². The molecule has 1 nitrogen and oxygen atoms in total. The Balaban J connectivity index is 2.24. The molecule has 0 aromatic carbocycles. The molecule has 2 N–H and O–H groups in total. The largest absolute Gasteiger partial charge is 0.327 e. The predicted octanol–water partition coefficient (Wildman–Crippen LogP) is 2.12. The molecule has 1 aliphatic rings. The van der Waals surface area contributed by atoms with E-state index in [4.69, 9.17) is 5.73 Å². The van der Waals surface area contributed by atoms with Crippen LogP contribution in [-0.2, 0) is 0 Å². The van der Waals surface area contributed by atoms with Gasteiger partial charge in [0.05, 0.1) is 0 Å². The topological polar surface area (TPSA) is 26.0 Å². The molecule has 1 unspecified atom stereocenters. The number of nitrogens with two attached hydrogens (primary N) is 1. The molecule has 59 valence electrons. The molecular formula is C9H18N. The average molecular weight is 140 g/mol. The summed E-state index contributed by atoms with van der Waals surface area (Å²) >= 11 is 0. The molecule has 1 heteroatoms. The van der Waals surface area contributed by atoms with Crippen molar-refractivity contribution in [2.45, 2.75) is 45.1 Å². The summed E-state index contributed by atoms with van der Waals surface area (Å²) in [6.45, 7) is 2.18. The van der Waals surface area contributed by atoms with Gasteiger partial charge in [-0.1, -0.05) is 6.92 Å². The first-order chi connectivity index (χ1) is 4.84. The van der Waals surface area contributed by atoms with Crippen LogP contribution in [0.5, 0.6) is 0 Å². The lowest BCUT2D eigenvalue weighted by Gasteiger charge is -2.26. The Morgan fingerprint density at radius 3 is 2.60 bits per heavy atom. The van der Waals surface area contributed by atoms with Crippen LogP contribution in [0.3, 0.4) is 0 Å². The Morgan fingerprint density at radius 1 is 1.50 bits per heavy atom. The predicted molar refractivity (Wildman–Crippen MR) is 44.5 cm³/mol. The van der Waals surface area contributed by atoms with Gasteiger partial charge in [0, 0.05) is 6.04 Å². The fourth-order valence-electron chi connectivity index (χ4n) is 1.71. The zero-order chi connectivity index (χ0) is 7.40. The van der Waals surface area contributed by atoms with Crippen LogP contribution >= 0.6 is 0 Å². The van der Waals surface area contributed by atoms with Crippen LogP contribution in [-0.4, -0.2) is 6.04 Å². The monoisotopic (exact) mass is 140 g/mol. The maximum Gasteiger partial charge on any atom is 0.00645 e. The Labute approximate surface area is 64.0 Å². The van der Waals surface area contributed by atoms with Crippen LogP contribution in [0.25, 0.3) is 0 Å². The molecule has 1 aliphatic carbocycles. The smallest absolute Gasteiger partial charge is 0.00645 e. The second-order valence-electron chi connectivity index (χ2n) is 3.28. The van der Waals surface area contributed by atoms with E-state index in [0.717, 1.165) is 12.3 Å². The maximum absolute atomic E-state index is 5.93. The van der Waals surface area contributed by atoms with Gasteiger partial charge in [-0.3, -0.25) is 0 Å². The molecule has 0 aromatic rings. The van der Waals surface area contributed by atoms with Crippen LogP contribution in [0.2, 0.25) is 0 Å². The lowest BCUT2D eigenvalue weighted by molar-refractivity contribution is 0.331. The van der Waals surface area contributed by atoms with E-state index in [0.29, 0.717) is 6.04 Å². The minimum atomic E-state index is 0.466. The second kappa shape index (κ2) is 3.97. The summed E-state index contributed by atoms with van der Waals surface area (Å²) in [5, 5.41) is 0. The normalized spacial score (nSPS) is 24.6. The molecule has 0 spiro atoms. The molecule has 10 heavy (non-hydrogen) atoms. The third-order valence-corrected chi connectivity index (χ3v) is 2.56. The Morgan fingerprint density at radius 2 is 2.10 bits per heavy atom. The molecule has 0 aliphatic heterocycles. The van der Waals surface area contributed by atoms with Crippen LogP contribution < -0.4 is 5.73 Å². The lowest BCUT2D eigenvalue weighted by atomic mass is 9.83. The quantitative estimate of drug-likeness (QED) is 0.624. The average Bonchev–Trinajstić information content (AvgIpc) is 2.05. The van der Waals surface area contributed by atoms with E-state index in [9.17, 15) is 0 Å². The first-order valence-corrected chi connectivity index (χ1v) is 4.42. The van der Waals surface area contributed by atoms with Crippen molar-refractivity contribution in [1.29, 1.82) is 0 Å². The summed E-state index contributed by atoms with van der Waals surface area (Å²) in [4.78, 5) is 0. The van der Waals surface area contributed by atoms with Gasteiger partial charge in [0.15, 0.2) is 0 Å². The fraction of sp³-hybridized carbons (Fsp3) is 0.889. The molecule has 1 saturated carbocycles. The third kappa shape index (κ3) is 1.98. The lowest BCUT2D eigenvalue weighted by Crippen LogP contribution is -2.30. The van der Waals surface area contributed by atoms with Crippen LogP contribution in [0.15, 0.2) is 0 Å². The molecule has 1 atom stereocenters. The van der Waals surface area contributed by atoms with Crippen LogP contribution in [0.4, 0.5) is 0 Å². The molecule has 0 heterocycles. The SMILES string of the molecule is CCC(N)C1CC[CH]CC1. The van der Waals surface area contributed by atoms with Gasteiger partial charge in [-0.15, -0.1) is 0 Å². The first-order valence-electron chi connectivity index (χ1n) is 4.42. The van der Waals surface area contributed by atoms with Crippen LogP contribution in [0.1, 0.15) is 39.0 Å². The summed E-state index contributed by atoms with van der Waals surface area (Å²) in [6, 6.07) is 0.466. The molecule has 1 rings (SSSR count). The minimum Gasteiger partial charge on any atom is -0.327 e. The molecule has 0 bridgehead atoms. The van der Waals surface area contributed by atoms with Gasteiger partial charge in [-0.05, 0) is 44.4 Å². The van der Waals surface area contributed by atoms with Gasteiger partial charge in [0.1, 0.15) is 0 Å². The minimum absolute atomic E-state index is 0.466. The summed E-state index contributed by atoms with van der Waals surface area (Å²) in [7, 11) is 0. The second-order valence-corrected chi connectivity index (χ2v) is 3.28. The van der Waals surface area contributed by atoms with Crippen molar-refractivity contribution in [3.63, 3.8) is 0 Å². The highest BCUT2D eigenvalue weighted by atomic mass is 14.6. The molecule has 0 saturated heterocycles. The third-order valence-electron chi connectivity index (χ3n) is 2.56. The van der Waals surface area contributed by atoms with E-state index in [1.807, 2.05) is 0 Å². The first kappa shape index (κ1) is 8.06. The molecule has 1 radical (unpaired) electrons. The van der Waals surface area contributed by atoms with E-state index in [2.05, 4.69) is 13.3 Å². The molecular weight excluding hydrogens is 122 g/mol. The highest BCUT2D eigenvalue weighted by Crippen LogP contribution is 2.25. The highest BCUT2D eigenvalue weighted by molar-refractivity contribution is 4.81. The number of hydrogen-bond acceptors (Lipinski definition) is 1. The zero-order valence-electron chi connectivity index (χ0n) is 6.84. The summed E-state index contributed by atoms with van der Waals surface area (Å²) in [5.74, 6) is 0.815. The summed E-state index contributed by atoms with van der Waals surface area (Å²) in [6.07, 6.45) is 8.77. The Kier molecular flexibility index (Phi) is 3.20. The van der Waals surface area contributed by atoms with Gasteiger partial charge in [0.25, 0.3) is 0 Å². The van der Waals surface area contributed by atoms with Crippen molar-refractivity contribution in [2.75, 3.05) is 0 Å². The van der Waals surface area contributed by atoms with Crippen molar-refractivity contribution in [2.24, 2.45) is 11.7 Å². The van der Waals surface area contributed by atoms with E-state index >= 15 is 0 Å². The zero-order valence-corrected chi connectivity index (χ0v) is 6.84. The fourth-order valence-corrected chi connectivity index (χ4v) is 1.71. The van der Waals surface area contributed by atoms with Gasteiger partial charge in [0.2, 0.25) is 0 Å². The van der Waals surface area contributed by atoms with Gasteiger partial charge in [-0.25, -0.2) is 0 Å². The van der Waals surface area contributed by atoms with Crippen molar-refractivity contribution in [3.05, 3.63) is 6.42 Å². The highest BCUT2D eigenvalue weighted by Gasteiger charge is 2.18. The maximum atomic E-state index is 5.93. The van der Waals surface area contributed by atoms with Crippen molar-refractivity contribution < 1.29 is 0 Å². The summed E-state index contributed by atoms with van der Waals surface area (Å²) in [5.41, 5.74) is 5.93. The summed E-state index contributed by atoms with van der Waals surface area (Å²) < 4.78 is 0. The van der Waals surface area contributed by atoms with Crippen molar-refractivity contribution >= 4 is 0 Å². The van der Waals surface area contributed by atoms with Gasteiger partial charge < -0.3 is 5.73 Å². The molecule has 0 aromatic heterocycles. The van der Waals surface area contributed by atoms with Gasteiger partial charge in [-0.2, -0.15) is 0 Å². The number of hydrogen-bond donors (Lipinski definition) is 1. The Bertz CT molecular complexity index is 84.7. The van der Waals surface area contributed by atoms with Gasteiger partial charge >= 0.3 is 0 Å². The molecule has 0 amide bonds. The van der Waals surface area contributed by atoms with Crippen molar-refractivity contribution in [3.8, 4) is 0 Å². The van der Waals surface area contributed by atoms with E-state index in [1.165, 1.54) is 25.7 Å². The van der Waals surface area contributed by atoms with E-state index in [1.54, 1.807) is 0 Å². The van der Waals surface area contributed by atoms with Crippen molar-refractivity contribution in [1.82, 2.24) is 0 Å². The number of rotatable bonds is 2.